The van der Waals surface area contributed by atoms with Crippen LogP contribution in [0, 0.1) is 11.7 Å². The molecule has 1 heterocycles. The number of hydrogen-bond acceptors (Lipinski definition) is 6. The summed E-state index contributed by atoms with van der Waals surface area (Å²) in [4.78, 5) is 53.3. The van der Waals surface area contributed by atoms with Gasteiger partial charge in [-0.1, -0.05) is 6.07 Å². The number of ether oxygens (including phenoxy) is 2. The van der Waals surface area contributed by atoms with E-state index in [4.69, 9.17) is 9.47 Å². The number of likely N-dealkylation sites (N-methyl/N-ethyl adjacent to an activating group) is 1. The van der Waals surface area contributed by atoms with Crippen LogP contribution in [0.3, 0.4) is 0 Å². The molecule has 39 heavy (non-hydrogen) atoms. The normalized spacial score (nSPS) is 21.5. The molecule has 0 saturated heterocycles. The Morgan fingerprint density at radius 1 is 1.21 bits per heavy atom. The Bertz CT molecular complexity index is 1310. The van der Waals surface area contributed by atoms with Crippen LogP contribution < -0.4 is 15.4 Å². The highest BCUT2D eigenvalue weighted by atomic mass is 19.1. The molecule has 2 atom stereocenters. The molecular formula is C28H31FN4O6. The van der Waals surface area contributed by atoms with E-state index in [1.165, 1.54) is 26.2 Å². The number of hydrogen-bond donors (Lipinski definition) is 2. The third kappa shape index (κ3) is 5.39. The highest BCUT2D eigenvalue weighted by Gasteiger charge is 2.44. The summed E-state index contributed by atoms with van der Waals surface area (Å²) in [5, 5.41) is 5.16. The van der Waals surface area contributed by atoms with Gasteiger partial charge in [-0.15, -0.1) is 0 Å². The van der Waals surface area contributed by atoms with E-state index in [1.807, 2.05) is 0 Å². The van der Waals surface area contributed by atoms with E-state index < -0.39 is 17.5 Å². The molecule has 206 valence electrons. The molecule has 1 saturated carbocycles. The maximum absolute atomic E-state index is 13.9. The maximum atomic E-state index is 13.9. The van der Waals surface area contributed by atoms with Crippen molar-refractivity contribution >= 4 is 30.0 Å². The molecule has 3 aliphatic rings. The predicted octanol–water partition coefficient (Wildman–Crippen LogP) is 3.19. The van der Waals surface area contributed by atoms with Gasteiger partial charge in [0.1, 0.15) is 24.7 Å². The van der Waals surface area contributed by atoms with Gasteiger partial charge >= 0.3 is 12.1 Å². The fourth-order valence-corrected chi connectivity index (χ4v) is 5.31. The molecule has 4 amide bonds. The summed E-state index contributed by atoms with van der Waals surface area (Å²) in [7, 11) is 2.95. The van der Waals surface area contributed by atoms with E-state index in [1.54, 1.807) is 29.2 Å². The summed E-state index contributed by atoms with van der Waals surface area (Å²) < 4.78 is 25.6. The second-order valence-electron chi connectivity index (χ2n) is 10.3. The number of fused-ring (bicyclic) bond motifs is 2. The van der Waals surface area contributed by atoms with Gasteiger partial charge in [0.15, 0.2) is 11.9 Å². The topological polar surface area (TPSA) is 117 Å². The Labute approximate surface area is 225 Å². The largest absolute Gasteiger partial charge is 0.491 e. The van der Waals surface area contributed by atoms with Crippen molar-refractivity contribution in [3.8, 4) is 5.75 Å². The molecule has 2 aromatic rings. The fraction of sp³-hybridized carbons (Fsp3) is 0.429. The minimum Gasteiger partial charge on any atom is -0.491 e. The number of aryl methyl sites for hydroxylation is 1. The average molecular weight is 539 g/mol. The number of benzene rings is 2. The standard InChI is InChI=1S/C28H31FN4O6/c1-30-26(36)31-21-6-7-22-18(12-21)9-10-28(22,16-34)39-27(37)32(2)14-25(35)33-13-19-11-20(29)5-8-24(19)38-15-23(33)17-3-4-17/h5-8,11-12,16-17,23H,3-4,9-10,13-15H2,1-2H3,(H2,30,31,36)/t23-,28-/m1/s1. The lowest BCUT2D eigenvalue weighted by Crippen LogP contribution is -2.48. The number of nitrogens with zero attached hydrogens (tertiary/aromatic N) is 2. The van der Waals surface area contributed by atoms with Crippen LogP contribution in [0.4, 0.5) is 19.7 Å². The third-order valence-electron chi connectivity index (χ3n) is 7.62. The number of aldehydes is 1. The fourth-order valence-electron chi connectivity index (χ4n) is 5.31. The minimum atomic E-state index is -1.49. The van der Waals surface area contributed by atoms with Crippen LogP contribution in [0.2, 0.25) is 0 Å². The van der Waals surface area contributed by atoms with Gasteiger partial charge in [-0.05, 0) is 61.1 Å². The molecule has 2 N–H and O–H groups in total. The zero-order valence-corrected chi connectivity index (χ0v) is 21.9. The molecule has 0 unspecified atom stereocenters. The Kier molecular flexibility index (Phi) is 7.16. The number of halogens is 1. The molecule has 1 aliphatic heterocycles. The summed E-state index contributed by atoms with van der Waals surface area (Å²) in [5.41, 5.74) is 0.968. The highest BCUT2D eigenvalue weighted by molar-refractivity contribution is 5.89. The first-order valence-electron chi connectivity index (χ1n) is 13.0. The van der Waals surface area contributed by atoms with Gasteiger partial charge in [0.05, 0.1) is 6.04 Å². The number of anilines is 1. The maximum Gasteiger partial charge on any atom is 0.411 e. The predicted molar refractivity (Wildman–Crippen MR) is 139 cm³/mol. The van der Waals surface area contributed by atoms with E-state index in [9.17, 15) is 23.6 Å². The van der Waals surface area contributed by atoms with Crippen molar-refractivity contribution in [3.05, 3.63) is 58.9 Å². The molecule has 0 radical (unpaired) electrons. The monoisotopic (exact) mass is 538 g/mol. The zero-order valence-electron chi connectivity index (χ0n) is 21.9. The Morgan fingerprint density at radius 3 is 2.72 bits per heavy atom. The number of rotatable bonds is 6. The van der Waals surface area contributed by atoms with Gasteiger partial charge in [0.25, 0.3) is 0 Å². The summed E-state index contributed by atoms with van der Waals surface area (Å²) in [6.45, 7) is 0.197. The van der Waals surface area contributed by atoms with Crippen LogP contribution in [0.5, 0.6) is 5.75 Å². The molecular weight excluding hydrogens is 507 g/mol. The Balaban J connectivity index is 1.28. The van der Waals surface area contributed by atoms with Crippen LogP contribution in [0.25, 0.3) is 0 Å². The van der Waals surface area contributed by atoms with Crippen LogP contribution in [0.15, 0.2) is 36.4 Å². The number of nitrogens with one attached hydrogen (secondary N) is 2. The zero-order chi connectivity index (χ0) is 27.7. The number of carbonyl (C=O) groups excluding carboxylic acids is 4. The molecule has 10 nitrogen and oxygen atoms in total. The van der Waals surface area contributed by atoms with Crippen molar-refractivity contribution in [2.24, 2.45) is 5.92 Å². The van der Waals surface area contributed by atoms with Gasteiger partial charge in [-0.25, -0.2) is 14.0 Å². The van der Waals surface area contributed by atoms with Gasteiger partial charge in [-0.3, -0.25) is 9.59 Å². The summed E-state index contributed by atoms with van der Waals surface area (Å²) in [5.74, 6) is 0.111. The van der Waals surface area contributed by atoms with Gasteiger partial charge in [-0.2, -0.15) is 0 Å². The van der Waals surface area contributed by atoms with Crippen molar-refractivity contribution in [3.63, 3.8) is 0 Å². The van der Waals surface area contributed by atoms with Crippen LogP contribution >= 0.6 is 0 Å². The van der Waals surface area contributed by atoms with E-state index in [-0.39, 0.29) is 37.5 Å². The lowest BCUT2D eigenvalue weighted by atomic mass is 9.97. The van der Waals surface area contributed by atoms with Crippen molar-refractivity contribution in [1.29, 1.82) is 0 Å². The van der Waals surface area contributed by atoms with E-state index in [0.29, 0.717) is 47.8 Å². The molecule has 0 bridgehead atoms. The second-order valence-corrected chi connectivity index (χ2v) is 10.3. The van der Waals surface area contributed by atoms with E-state index in [0.717, 1.165) is 23.3 Å². The van der Waals surface area contributed by atoms with Gasteiger partial charge in [0.2, 0.25) is 5.91 Å². The third-order valence-corrected chi connectivity index (χ3v) is 7.62. The average Bonchev–Trinajstić information content (AvgIpc) is 3.72. The lowest BCUT2D eigenvalue weighted by molar-refractivity contribution is -0.136. The Hall–Kier alpha value is -4.15. The van der Waals surface area contributed by atoms with Crippen molar-refractivity contribution in [2.45, 2.75) is 43.9 Å². The number of urea groups is 1. The second kappa shape index (κ2) is 10.5. The van der Waals surface area contributed by atoms with Crippen LogP contribution in [-0.4, -0.2) is 67.4 Å². The van der Waals surface area contributed by atoms with Crippen molar-refractivity contribution in [2.75, 3.05) is 32.6 Å². The van der Waals surface area contributed by atoms with Crippen LogP contribution in [0.1, 0.15) is 36.0 Å². The molecule has 11 heteroatoms. The van der Waals surface area contributed by atoms with E-state index in [2.05, 4.69) is 10.6 Å². The smallest absolute Gasteiger partial charge is 0.411 e. The quantitative estimate of drug-likeness (QED) is 0.546. The molecule has 2 aliphatic carbocycles. The van der Waals surface area contributed by atoms with Gasteiger partial charge < -0.3 is 29.9 Å². The first-order valence-corrected chi connectivity index (χ1v) is 13.0. The van der Waals surface area contributed by atoms with Crippen molar-refractivity contribution in [1.82, 2.24) is 15.1 Å². The van der Waals surface area contributed by atoms with Crippen molar-refractivity contribution < 1.29 is 33.0 Å². The first-order chi connectivity index (χ1) is 18.7. The lowest BCUT2D eigenvalue weighted by Gasteiger charge is -2.32. The molecule has 0 spiro atoms. The SMILES string of the molecule is CNC(=O)Nc1ccc2c(c1)CC[C@]2(C=O)OC(=O)N(C)CC(=O)N1Cc2cc(F)ccc2OC[C@@H]1C1CC1. The summed E-state index contributed by atoms with van der Waals surface area (Å²) in [6, 6.07) is 8.75. The molecule has 5 rings (SSSR count). The molecule has 1 fully saturated rings. The highest BCUT2D eigenvalue weighted by Crippen LogP contribution is 2.41. The number of carbonyl (C=O) groups is 4. The van der Waals surface area contributed by atoms with Crippen LogP contribution in [-0.2, 0) is 32.9 Å². The first kappa shape index (κ1) is 26.5. The minimum absolute atomic E-state index is 0.175. The Morgan fingerprint density at radius 2 is 2.00 bits per heavy atom. The van der Waals surface area contributed by atoms with E-state index >= 15 is 0 Å². The summed E-state index contributed by atoms with van der Waals surface area (Å²) in [6.07, 6.45) is 2.47. The molecule has 0 aromatic heterocycles. The molecule has 2 aromatic carbocycles. The summed E-state index contributed by atoms with van der Waals surface area (Å²) >= 11 is 0. The number of amides is 4. The van der Waals surface area contributed by atoms with Gasteiger partial charge in [0, 0.05) is 43.9 Å².